The van der Waals surface area contributed by atoms with Crippen molar-refractivity contribution in [2.45, 2.75) is 26.2 Å². The van der Waals surface area contributed by atoms with Crippen LogP contribution in [0, 0.1) is 5.82 Å². The molecule has 0 heterocycles. The van der Waals surface area contributed by atoms with Crippen molar-refractivity contribution in [3.05, 3.63) is 35.1 Å². The van der Waals surface area contributed by atoms with Crippen LogP contribution in [-0.4, -0.2) is 6.67 Å². The molecule has 0 radical (unpaired) electrons. The number of rotatable bonds is 3. The second-order valence-corrected chi connectivity index (χ2v) is 3.25. The molecule has 1 atom stereocenters. The van der Waals surface area contributed by atoms with E-state index in [1.54, 1.807) is 13.0 Å². The standard InChI is InChI=1S/C11H14F2/c1-3-9-4-5-10(13)6-11(9)8(2)7-12/h4-6,8H,3,7H2,1-2H3. The third-order valence-electron chi connectivity index (χ3n) is 2.25. The first-order valence-electron chi connectivity index (χ1n) is 4.53. The van der Waals surface area contributed by atoms with E-state index in [1.807, 2.05) is 6.92 Å². The molecular formula is C11H14F2. The van der Waals surface area contributed by atoms with Gasteiger partial charge in [-0.15, -0.1) is 0 Å². The minimum Gasteiger partial charge on any atom is -0.250 e. The van der Waals surface area contributed by atoms with Crippen LogP contribution in [0.25, 0.3) is 0 Å². The monoisotopic (exact) mass is 184 g/mol. The van der Waals surface area contributed by atoms with Crippen LogP contribution in [0.15, 0.2) is 18.2 Å². The molecule has 0 spiro atoms. The summed E-state index contributed by atoms with van der Waals surface area (Å²) in [6, 6.07) is 4.59. The Kier molecular flexibility index (Phi) is 3.40. The lowest BCUT2D eigenvalue weighted by atomic mass is 9.95. The average Bonchev–Trinajstić information content (AvgIpc) is 2.16. The molecular weight excluding hydrogens is 170 g/mol. The Hall–Kier alpha value is -0.920. The normalized spacial score (nSPS) is 12.9. The fraction of sp³-hybridized carbons (Fsp3) is 0.455. The zero-order valence-corrected chi connectivity index (χ0v) is 7.98. The summed E-state index contributed by atoms with van der Waals surface area (Å²) < 4.78 is 25.3. The Balaban J connectivity index is 3.07. The van der Waals surface area contributed by atoms with Crippen molar-refractivity contribution < 1.29 is 8.78 Å². The molecule has 1 aromatic rings. The van der Waals surface area contributed by atoms with Crippen LogP contribution in [-0.2, 0) is 6.42 Å². The molecule has 0 aliphatic heterocycles. The van der Waals surface area contributed by atoms with E-state index in [2.05, 4.69) is 0 Å². The molecule has 2 heteroatoms. The van der Waals surface area contributed by atoms with Crippen LogP contribution in [0.2, 0.25) is 0 Å². The van der Waals surface area contributed by atoms with Gasteiger partial charge in [0.25, 0.3) is 0 Å². The summed E-state index contributed by atoms with van der Waals surface area (Å²) in [6.45, 7) is 3.33. The third-order valence-corrected chi connectivity index (χ3v) is 2.25. The average molecular weight is 184 g/mol. The van der Waals surface area contributed by atoms with E-state index in [4.69, 9.17) is 0 Å². The van der Waals surface area contributed by atoms with Gasteiger partial charge in [0.1, 0.15) is 5.82 Å². The zero-order chi connectivity index (χ0) is 9.84. The van der Waals surface area contributed by atoms with Crippen molar-refractivity contribution in [2.24, 2.45) is 0 Å². The van der Waals surface area contributed by atoms with Crippen molar-refractivity contribution in [1.29, 1.82) is 0 Å². The van der Waals surface area contributed by atoms with Gasteiger partial charge in [0.2, 0.25) is 0 Å². The summed E-state index contributed by atoms with van der Waals surface area (Å²) in [5.41, 5.74) is 1.83. The fourth-order valence-electron chi connectivity index (χ4n) is 1.43. The van der Waals surface area contributed by atoms with E-state index in [1.165, 1.54) is 12.1 Å². The Bertz CT molecular complexity index is 281. The minimum absolute atomic E-state index is 0.203. The van der Waals surface area contributed by atoms with Crippen molar-refractivity contribution in [1.82, 2.24) is 0 Å². The first kappa shape index (κ1) is 10.2. The number of aryl methyl sites for hydroxylation is 1. The lowest BCUT2D eigenvalue weighted by Gasteiger charge is -2.12. The van der Waals surface area contributed by atoms with Gasteiger partial charge < -0.3 is 0 Å². The lowest BCUT2D eigenvalue weighted by Crippen LogP contribution is -2.01. The Morgan fingerprint density at radius 1 is 1.38 bits per heavy atom. The highest BCUT2D eigenvalue weighted by Gasteiger charge is 2.10. The molecule has 1 rings (SSSR count). The molecule has 1 unspecified atom stereocenters. The van der Waals surface area contributed by atoms with Gasteiger partial charge in [-0.3, -0.25) is 4.39 Å². The number of hydrogen-bond donors (Lipinski definition) is 0. The quantitative estimate of drug-likeness (QED) is 0.674. The van der Waals surface area contributed by atoms with E-state index in [-0.39, 0.29) is 11.7 Å². The fourth-order valence-corrected chi connectivity index (χ4v) is 1.43. The summed E-state index contributed by atoms with van der Waals surface area (Å²) in [4.78, 5) is 0. The third kappa shape index (κ3) is 2.27. The molecule has 72 valence electrons. The molecule has 0 amide bonds. The molecule has 1 aromatic carbocycles. The molecule has 0 saturated heterocycles. The van der Waals surface area contributed by atoms with Gasteiger partial charge >= 0.3 is 0 Å². The van der Waals surface area contributed by atoms with E-state index in [0.29, 0.717) is 0 Å². The van der Waals surface area contributed by atoms with E-state index in [9.17, 15) is 8.78 Å². The molecule has 0 bridgehead atoms. The molecule has 0 aliphatic carbocycles. The second-order valence-electron chi connectivity index (χ2n) is 3.25. The number of alkyl halides is 1. The first-order valence-corrected chi connectivity index (χ1v) is 4.53. The van der Waals surface area contributed by atoms with Gasteiger partial charge in [-0.25, -0.2) is 4.39 Å². The van der Waals surface area contributed by atoms with Crippen LogP contribution >= 0.6 is 0 Å². The minimum atomic E-state index is -0.434. The summed E-state index contributed by atoms with van der Waals surface area (Å²) >= 11 is 0. The van der Waals surface area contributed by atoms with Crippen LogP contribution in [0.5, 0.6) is 0 Å². The summed E-state index contributed by atoms with van der Waals surface area (Å²) in [5.74, 6) is -0.488. The largest absolute Gasteiger partial charge is 0.250 e. The van der Waals surface area contributed by atoms with Gasteiger partial charge in [0.15, 0.2) is 0 Å². The highest BCUT2D eigenvalue weighted by atomic mass is 19.1. The van der Waals surface area contributed by atoms with Crippen molar-refractivity contribution in [2.75, 3.05) is 6.67 Å². The van der Waals surface area contributed by atoms with E-state index in [0.717, 1.165) is 17.5 Å². The number of hydrogen-bond acceptors (Lipinski definition) is 0. The summed E-state index contributed by atoms with van der Waals surface area (Å²) in [5, 5.41) is 0. The molecule has 0 N–H and O–H groups in total. The van der Waals surface area contributed by atoms with Gasteiger partial charge in [-0.05, 0) is 29.7 Å². The van der Waals surface area contributed by atoms with Crippen LogP contribution < -0.4 is 0 Å². The molecule has 0 aromatic heterocycles. The highest BCUT2D eigenvalue weighted by molar-refractivity contribution is 5.30. The maximum atomic E-state index is 12.9. The lowest BCUT2D eigenvalue weighted by molar-refractivity contribution is 0.444. The maximum Gasteiger partial charge on any atom is 0.123 e. The van der Waals surface area contributed by atoms with Gasteiger partial charge in [-0.1, -0.05) is 19.9 Å². The van der Waals surface area contributed by atoms with Gasteiger partial charge in [0.05, 0.1) is 6.67 Å². The highest BCUT2D eigenvalue weighted by Crippen LogP contribution is 2.21. The van der Waals surface area contributed by atoms with Gasteiger partial charge in [-0.2, -0.15) is 0 Å². The summed E-state index contributed by atoms with van der Waals surface area (Å²) in [6.07, 6.45) is 0.819. The molecule has 0 aliphatic rings. The molecule has 0 fully saturated rings. The van der Waals surface area contributed by atoms with Crippen LogP contribution in [0.3, 0.4) is 0 Å². The first-order chi connectivity index (χ1) is 6.19. The predicted octanol–water partition coefficient (Wildman–Crippen LogP) is 3.46. The van der Waals surface area contributed by atoms with E-state index < -0.39 is 6.67 Å². The van der Waals surface area contributed by atoms with Crippen LogP contribution in [0.1, 0.15) is 30.9 Å². The van der Waals surface area contributed by atoms with Crippen molar-refractivity contribution in [3.63, 3.8) is 0 Å². The SMILES string of the molecule is CCc1ccc(F)cc1C(C)CF. The predicted molar refractivity (Wildman–Crippen MR) is 50.2 cm³/mol. The van der Waals surface area contributed by atoms with Crippen molar-refractivity contribution in [3.8, 4) is 0 Å². The Labute approximate surface area is 77.6 Å². The molecule has 0 nitrogen and oxygen atoms in total. The molecule has 13 heavy (non-hydrogen) atoms. The maximum absolute atomic E-state index is 12.9. The van der Waals surface area contributed by atoms with Crippen molar-refractivity contribution >= 4 is 0 Å². The zero-order valence-electron chi connectivity index (χ0n) is 7.98. The van der Waals surface area contributed by atoms with Crippen LogP contribution in [0.4, 0.5) is 8.78 Å². The van der Waals surface area contributed by atoms with Gasteiger partial charge in [0, 0.05) is 5.92 Å². The number of halogens is 2. The second kappa shape index (κ2) is 4.35. The molecule has 0 saturated carbocycles. The summed E-state index contributed by atoms with van der Waals surface area (Å²) in [7, 11) is 0. The Morgan fingerprint density at radius 3 is 2.62 bits per heavy atom. The Morgan fingerprint density at radius 2 is 2.08 bits per heavy atom. The number of benzene rings is 1. The smallest absolute Gasteiger partial charge is 0.123 e. The topological polar surface area (TPSA) is 0 Å². The van der Waals surface area contributed by atoms with E-state index >= 15 is 0 Å².